The van der Waals surface area contributed by atoms with E-state index in [1.54, 1.807) is 23.6 Å². The average Bonchev–Trinajstić information content (AvgIpc) is 3.73. The van der Waals surface area contributed by atoms with Crippen molar-refractivity contribution in [2.24, 2.45) is 4.99 Å². The minimum Gasteiger partial charge on any atom is -0.414 e. The van der Waals surface area contributed by atoms with Crippen molar-refractivity contribution in [3.8, 4) is 11.9 Å². The third-order valence-corrected chi connectivity index (χ3v) is 23.3. The van der Waals surface area contributed by atoms with Gasteiger partial charge in [-0.2, -0.15) is 23.6 Å². The summed E-state index contributed by atoms with van der Waals surface area (Å²) >= 11 is 0. The van der Waals surface area contributed by atoms with Crippen LogP contribution in [0.4, 0.5) is 5.95 Å². The van der Waals surface area contributed by atoms with Crippen molar-refractivity contribution in [1.29, 1.82) is 5.26 Å². The fourth-order valence-electron chi connectivity index (χ4n) is 8.44. The molecule has 2 aliphatic heterocycles. The monoisotopic (exact) mass is 899 g/mol. The Bertz CT molecular complexity index is 2140. The van der Waals surface area contributed by atoms with E-state index in [1.165, 1.54) is 12.7 Å². The van der Waals surface area contributed by atoms with Crippen LogP contribution >= 0.6 is 0 Å². The summed E-state index contributed by atoms with van der Waals surface area (Å²) in [7, 11) is -6.90. The van der Waals surface area contributed by atoms with E-state index in [9.17, 15) is 13.7 Å². The number of nitrogens with zero attached hydrogens (tertiary/aromatic N) is 7. The number of aliphatic imine (C=N–C) groups is 1. The van der Waals surface area contributed by atoms with E-state index >= 15 is 0 Å². The number of benzene rings is 1. The molecule has 0 N–H and O–H groups in total. The minimum atomic E-state index is -4.49. The number of rotatable bonds is 16. The first kappa shape index (κ1) is 48.7. The summed E-state index contributed by atoms with van der Waals surface area (Å²) in [5.74, 6) is -0.384. The Morgan fingerprint density at radius 2 is 1.51 bits per heavy atom. The molecule has 2 aliphatic rings. The van der Waals surface area contributed by atoms with E-state index < -0.39 is 51.8 Å². The molecule has 0 amide bonds. The van der Waals surface area contributed by atoms with Crippen LogP contribution in [-0.2, 0) is 32.6 Å². The van der Waals surface area contributed by atoms with Gasteiger partial charge in [0.2, 0.25) is 0 Å². The second kappa shape index (κ2) is 19.2. The highest BCUT2D eigenvalue weighted by Gasteiger charge is 2.62. The molecular formula is C43H69N7O8SSi2. The van der Waals surface area contributed by atoms with Crippen molar-refractivity contribution < 1.29 is 35.0 Å². The highest BCUT2D eigenvalue weighted by atomic mass is 32.2. The maximum absolute atomic E-state index is 14.7. The van der Waals surface area contributed by atoms with Gasteiger partial charge in [-0.1, -0.05) is 109 Å². The molecule has 0 radical (unpaired) electrons. The lowest BCUT2D eigenvalue weighted by Crippen LogP contribution is -2.66. The third kappa shape index (κ3) is 9.79. The first-order valence-electron chi connectivity index (χ1n) is 21.7. The van der Waals surface area contributed by atoms with Crippen LogP contribution in [-0.4, -0.2) is 102 Å². The molecule has 0 aliphatic carbocycles. The van der Waals surface area contributed by atoms with Gasteiger partial charge in [0.25, 0.3) is 11.8 Å². The van der Waals surface area contributed by atoms with Gasteiger partial charge in [-0.15, -0.1) is 0 Å². The van der Waals surface area contributed by atoms with Crippen LogP contribution in [0.3, 0.4) is 0 Å². The molecule has 0 saturated carbocycles. The molecule has 3 aromatic rings. The van der Waals surface area contributed by atoms with Crippen molar-refractivity contribution in [2.75, 3.05) is 27.3 Å². The number of nitriles is 1. The van der Waals surface area contributed by atoms with Gasteiger partial charge in [-0.3, -0.25) is 4.57 Å². The van der Waals surface area contributed by atoms with Gasteiger partial charge in [0, 0.05) is 14.1 Å². The van der Waals surface area contributed by atoms with Crippen molar-refractivity contribution in [1.82, 2.24) is 24.4 Å². The highest BCUT2D eigenvalue weighted by Crippen LogP contribution is 2.49. The summed E-state index contributed by atoms with van der Waals surface area (Å²) in [5.41, 5.74) is 3.04. The SMILES string of the molecule is CC(C)c1cc(C(C)C)c(S(=O)(=O)Oc2nc(/N=C/N(C)C)nc3c2ncn3[C@@H]2O[C@@H]3CO[Si](C(C)C)(C(C)C)O[Si](C(C)C)(C(C)C)O[C@H]3[C@H]2OCCC#N)c(C(C)C)c1. The molecule has 2 aromatic heterocycles. The number of ether oxygens (including phenoxy) is 2. The smallest absolute Gasteiger partial charge is 0.341 e. The van der Waals surface area contributed by atoms with Crippen LogP contribution in [0.1, 0.15) is 144 Å². The normalized spacial score (nSPS) is 22.0. The average molecular weight is 900 g/mol. The summed E-state index contributed by atoms with van der Waals surface area (Å²) in [5, 5.41) is 9.56. The Hall–Kier alpha value is -3.29. The van der Waals surface area contributed by atoms with E-state index in [4.69, 9.17) is 31.6 Å². The van der Waals surface area contributed by atoms with Crippen molar-refractivity contribution >= 4 is 50.7 Å². The Balaban J connectivity index is 1.71. The van der Waals surface area contributed by atoms with Gasteiger partial charge >= 0.3 is 27.2 Å². The zero-order valence-corrected chi connectivity index (χ0v) is 41.9. The Kier molecular flexibility index (Phi) is 15.4. The number of hydrogen-bond donors (Lipinski definition) is 0. The predicted octanol–water partition coefficient (Wildman–Crippen LogP) is 9.34. The topological polar surface area (TPSA) is 173 Å². The van der Waals surface area contributed by atoms with Crippen LogP contribution in [0.15, 0.2) is 28.3 Å². The molecular weight excluding hydrogens is 831 g/mol. The van der Waals surface area contributed by atoms with E-state index in [-0.39, 0.29) is 87.4 Å². The maximum Gasteiger partial charge on any atom is 0.341 e. The summed E-state index contributed by atoms with van der Waals surface area (Å²) in [6.45, 7) is 29.7. The quantitative estimate of drug-likeness (QED) is 0.0438. The van der Waals surface area contributed by atoms with Gasteiger partial charge in [-0.25, -0.2) is 9.98 Å². The molecule has 4 heterocycles. The predicted molar refractivity (Wildman–Crippen MR) is 241 cm³/mol. The van der Waals surface area contributed by atoms with Gasteiger partial charge in [0.1, 0.15) is 23.2 Å². The molecule has 338 valence electrons. The molecule has 61 heavy (non-hydrogen) atoms. The number of hydrogen-bond acceptors (Lipinski definition) is 13. The van der Waals surface area contributed by atoms with Gasteiger partial charge in [0.05, 0.1) is 38.4 Å². The Labute approximate surface area is 366 Å². The lowest BCUT2D eigenvalue weighted by Gasteiger charge is -2.51. The van der Waals surface area contributed by atoms with Crippen molar-refractivity contribution in [3.63, 3.8) is 0 Å². The fourth-order valence-corrected chi connectivity index (χ4v) is 21.2. The lowest BCUT2D eigenvalue weighted by atomic mass is 9.89. The van der Waals surface area contributed by atoms with E-state index in [0.29, 0.717) is 11.1 Å². The summed E-state index contributed by atoms with van der Waals surface area (Å²) in [4.78, 5) is 20.3. The van der Waals surface area contributed by atoms with Gasteiger partial charge in [-0.05, 0) is 56.6 Å². The van der Waals surface area contributed by atoms with Crippen LogP contribution in [0.2, 0.25) is 22.2 Å². The number of imidazole rings is 1. The largest absolute Gasteiger partial charge is 0.414 e. The molecule has 2 fully saturated rings. The molecule has 15 nitrogen and oxygen atoms in total. The zero-order chi connectivity index (χ0) is 45.4. The third-order valence-electron chi connectivity index (χ3n) is 11.7. The summed E-state index contributed by atoms with van der Waals surface area (Å²) in [6, 6.07) is 6.11. The van der Waals surface area contributed by atoms with Crippen LogP contribution in [0, 0.1) is 11.3 Å². The Morgan fingerprint density at radius 3 is 2.02 bits per heavy atom. The Morgan fingerprint density at radius 1 is 0.918 bits per heavy atom. The number of fused-ring (bicyclic) bond motifs is 2. The first-order valence-corrected chi connectivity index (χ1v) is 27.1. The lowest BCUT2D eigenvalue weighted by molar-refractivity contribution is -0.0682. The number of aromatic nitrogens is 4. The second-order valence-electron chi connectivity index (χ2n) is 18.8. The molecule has 2 saturated heterocycles. The molecule has 0 unspecified atom stereocenters. The van der Waals surface area contributed by atoms with E-state index in [0.717, 1.165) is 5.56 Å². The second-order valence-corrected chi connectivity index (χ2v) is 29.1. The molecule has 18 heteroatoms. The van der Waals surface area contributed by atoms with E-state index in [2.05, 4.69) is 90.3 Å². The molecule has 1 aromatic carbocycles. The molecule has 4 atom stereocenters. The first-order chi connectivity index (χ1) is 28.5. The van der Waals surface area contributed by atoms with E-state index in [1.807, 2.05) is 39.8 Å². The highest BCUT2D eigenvalue weighted by molar-refractivity contribution is 7.87. The summed E-state index contributed by atoms with van der Waals surface area (Å²) in [6.07, 6.45) is 0.287. The van der Waals surface area contributed by atoms with Gasteiger partial charge in [0.15, 0.2) is 17.4 Å². The minimum absolute atomic E-state index is 0.0487. The molecule has 0 bridgehead atoms. The van der Waals surface area contributed by atoms with Crippen LogP contribution in [0.5, 0.6) is 5.88 Å². The maximum atomic E-state index is 14.7. The van der Waals surface area contributed by atoms with Crippen molar-refractivity contribution in [2.45, 2.75) is 173 Å². The molecule has 5 rings (SSSR count). The zero-order valence-electron chi connectivity index (χ0n) is 39.1. The standard InChI is InChI=1S/C43H69N7O8SSi2/c1-25(2)32-20-33(26(3)4)39(34(21-32)27(5)6)59(51,52)56-41-36-40(47-43(48-41)46-23-49(15)16)50(24-45-36)42-38(53-19-17-18-44)37-35(55-42)22-54-60(28(7)8,29(9)10)58-61(57-37,30(11)12)31(13)14/h20-21,23-31,35,37-38,42H,17,19,22H2,1-16H3/b46-23+/t35-,37-,38-,42-/m1/s1. The van der Waals surface area contributed by atoms with Crippen LogP contribution in [0.25, 0.3) is 11.2 Å². The summed E-state index contributed by atoms with van der Waals surface area (Å²) < 4.78 is 72.6. The molecule has 0 spiro atoms. The van der Waals surface area contributed by atoms with Crippen molar-refractivity contribution in [3.05, 3.63) is 35.2 Å². The van der Waals surface area contributed by atoms with Crippen LogP contribution < -0.4 is 4.18 Å². The van der Waals surface area contributed by atoms with Gasteiger partial charge < -0.3 is 31.5 Å². The fraction of sp³-hybridized carbons (Fsp3) is 0.698.